The van der Waals surface area contributed by atoms with Crippen LogP contribution in [-0.4, -0.2) is 34.7 Å². The number of aryl methyl sites for hydroxylation is 1. The highest BCUT2D eigenvalue weighted by molar-refractivity contribution is 7.80. The van der Waals surface area contributed by atoms with E-state index in [4.69, 9.17) is 12.2 Å². The molecule has 2 N–H and O–H groups in total. The molecule has 0 unspecified atom stereocenters. The second kappa shape index (κ2) is 10.2. The Labute approximate surface area is 184 Å². The highest BCUT2D eigenvalue weighted by Crippen LogP contribution is 2.31. The molecule has 1 fully saturated rings. The highest BCUT2D eigenvalue weighted by atomic mass is 32.1. The zero-order valence-corrected chi connectivity index (χ0v) is 18.0. The lowest BCUT2D eigenvalue weighted by molar-refractivity contribution is -0.141. The summed E-state index contributed by atoms with van der Waals surface area (Å²) in [6.45, 7) is 3.88. The smallest absolute Gasteiger partial charge is 0.362 e. The average molecular weight is 456 g/mol. The fraction of sp³-hybridized carbons (Fsp3) is 0.476. The zero-order valence-electron chi connectivity index (χ0n) is 17.2. The third kappa shape index (κ3) is 7.02. The van der Waals surface area contributed by atoms with Crippen LogP contribution in [0.1, 0.15) is 37.4 Å². The number of aromatic nitrogens is 2. The second-order valence-electron chi connectivity index (χ2n) is 7.74. The van der Waals surface area contributed by atoms with Gasteiger partial charge in [-0.05, 0) is 61.5 Å². The molecule has 3 rings (SSSR count). The predicted octanol–water partition coefficient (Wildman–Crippen LogP) is 4.79. The second-order valence-corrected chi connectivity index (χ2v) is 8.15. The van der Waals surface area contributed by atoms with Gasteiger partial charge in [-0.1, -0.05) is 19.1 Å². The van der Waals surface area contributed by atoms with Crippen LogP contribution in [0, 0.1) is 11.7 Å². The first-order valence-electron chi connectivity index (χ1n) is 10.2. The van der Waals surface area contributed by atoms with E-state index in [0.29, 0.717) is 38.4 Å². The number of alkyl halides is 3. The largest absolute Gasteiger partial charge is 0.433 e. The van der Waals surface area contributed by atoms with Crippen LogP contribution in [-0.2, 0) is 12.6 Å². The van der Waals surface area contributed by atoms with Gasteiger partial charge in [-0.25, -0.2) is 9.37 Å². The zero-order chi connectivity index (χ0) is 22.4. The molecule has 0 spiro atoms. The number of anilines is 2. The lowest BCUT2D eigenvalue weighted by atomic mass is 10.0. The van der Waals surface area contributed by atoms with Crippen molar-refractivity contribution in [1.29, 1.82) is 0 Å². The van der Waals surface area contributed by atoms with E-state index in [1.54, 1.807) is 12.1 Å². The molecule has 10 heteroatoms. The Morgan fingerprint density at radius 2 is 1.97 bits per heavy atom. The summed E-state index contributed by atoms with van der Waals surface area (Å²) in [4.78, 5) is 9.73. The minimum atomic E-state index is -4.58. The lowest BCUT2D eigenvalue weighted by Gasteiger charge is -2.32. The average Bonchev–Trinajstić information content (AvgIpc) is 2.71. The first-order valence-corrected chi connectivity index (χ1v) is 10.6. The maximum absolute atomic E-state index is 13.4. The van der Waals surface area contributed by atoms with Gasteiger partial charge < -0.3 is 15.5 Å². The topological polar surface area (TPSA) is 53.1 Å². The van der Waals surface area contributed by atoms with Crippen LogP contribution in [0.3, 0.4) is 0 Å². The lowest BCUT2D eigenvalue weighted by Crippen LogP contribution is -2.36. The molecule has 0 radical (unpaired) electrons. The molecule has 1 aromatic carbocycles. The standard InChI is InChI=1S/C21H25F4N5S/c1-14-4-3-11-30(13-14)18-12-17(21(23,24)25)27-19(28-18)29-20(31)26-10-2-5-15-6-8-16(22)9-7-15/h6-9,12,14H,2-5,10-11,13H2,1H3,(H2,26,27,28,29,31)/t14-/m1/s1. The molecular formula is C21H25F4N5S. The Hall–Kier alpha value is -2.49. The van der Waals surface area contributed by atoms with Crippen molar-refractivity contribution in [3.05, 3.63) is 47.4 Å². The minimum absolute atomic E-state index is 0.149. The third-order valence-corrected chi connectivity index (χ3v) is 5.30. The van der Waals surface area contributed by atoms with Crippen molar-refractivity contribution in [3.63, 3.8) is 0 Å². The first kappa shape index (κ1) is 23.2. The highest BCUT2D eigenvalue weighted by Gasteiger charge is 2.34. The molecule has 1 atom stereocenters. The van der Waals surface area contributed by atoms with Gasteiger partial charge >= 0.3 is 6.18 Å². The van der Waals surface area contributed by atoms with Crippen LogP contribution in [0.25, 0.3) is 0 Å². The number of nitrogens with zero attached hydrogens (tertiary/aromatic N) is 3. The maximum atomic E-state index is 13.4. The van der Waals surface area contributed by atoms with Crippen LogP contribution >= 0.6 is 12.2 Å². The number of thiocarbonyl (C=S) groups is 1. The molecule has 1 saturated heterocycles. The van der Waals surface area contributed by atoms with E-state index in [0.717, 1.165) is 24.5 Å². The third-order valence-electron chi connectivity index (χ3n) is 5.05. The van der Waals surface area contributed by atoms with Gasteiger partial charge in [0.2, 0.25) is 5.95 Å². The maximum Gasteiger partial charge on any atom is 0.433 e. The number of benzene rings is 1. The van der Waals surface area contributed by atoms with Gasteiger partial charge in [0.05, 0.1) is 0 Å². The minimum Gasteiger partial charge on any atom is -0.362 e. The van der Waals surface area contributed by atoms with E-state index in [2.05, 4.69) is 27.5 Å². The van der Waals surface area contributed by atoms with Crippen LogP contribution < -0.4 is 15.5 Å². The molecule has 0 saturated carbocycles. The number of halogens is 4. The molecule has 5 nitrogen and oxygen atoms in total. The van der Waals surface area contributed by atoms with E-state index in [-0.39, 0.29) is 22.7 Å². The van der Waals surface area contributed by atoms with Crippen molar-refractivity contribution in [1.82, 2.24) is 15.3 Å². The summed E-state index contributed by atoms with van der Waals surface area (Å²) in [5.74, 6) is 0.166. The molecule has 31 heavy (non-hydrogen) atoms. The summed E-state index contributed by atoms with van der Waals surface area (Å²) in [5, 5.41) is 5.77. The molecule has 0 amide bonds. The summed E-state index contributed by atoms with van der Waals surface area (Å²) < 4.78 is 53.0. The van der Waals surface area contributed by atoms with Gasteiger partial charge in [-0.15, -0.1) is 0 Å². The number of piperidine rings is 1. The molecule has 0 bridgehead atoms. The predicted molar refractivity (Wildman–Crippen MR) is 117 cm³/mol. The normalized spacial score (nSPS) is 16.8. The van der Waals surface area contributed by atoms with E-state index < -0.39 is 11.9 Å². The summed E-state index contributed by atoms with van der Waals surface area (Å²) in [5.41, 5.74) is -0.0129. The van der Waals surface area contributed by atoms with Crippen molar-refractivity contribution >= 4 is 29.1 Å². The molecule has 2 heterocycles. The van der Waals surface area contributed by atoms with Crippen molar-refractivity contribution in [2.24, 2.45) is 5.92 Å². The fourth-order valence-corrected chi connectivity index (χ4v) is 3.68. The van der Waals surface area contributed by atoms with Gasteiger partial charge in [-0.2, -0.15) is 18.2 Å². The number of hydrogen-bond acceptors (Lipinski definition) is 4. The van der Waals surface area contributed by atoms with Gasteiger partial charge in [-0.3, -0.25) is 0 Å². The van der Waals surface area contributed by atoms with Gasteiger partial charge in [0.15, 0.2) is 10.8 Å². The Morgan fingerprint density at radius 3 is 2.65 bits per heavy atom. The molecule has 2 aromatic rings. The van der Waals surface area contributed by atoms with Crippen LogP contribution in [0.2, 0.25) is 0 Å². The summed E-state index contributed by atoms with van der Waals surface area (Å²) in [7, 11) is 0. The van der Waals surface area contributed by atoms with Crippen LogP contribution in [0.4, 0.5) is 29.3 Å². The number of rotatable bonds is 6. The quantitative estimate of drug-likeness (QED) is 0.371. The molecule has 1 aromatic heterocycles. The van der Waals surface area contributed by atoms with Gasteiger partial charge in [0.25, 0.3) is 0 Å². The van der Waals surface area contributed by atoms with Gasteiger partial charge in [0.1, 0.15) is 11.6 Å². The number of nitrogens with one attached hydrogen (secondary N) is 2. The summed E-state index contributed by atoms with van der Waals surface area (Å²) >= 11 is 5.19. The van der Waals surface area contributed by atoms with Crippen molar-refractivity contribution < 1.29 is 17.6 Å². The summed E-state index contributed by atoms with van der Waals surface area (Å²) in [6.07, 6.45) is -1.20. The number of hydrogen-bond donors (Lipinski definition) is 2. The fourth-order valence-electron chi connectivity index (χ4n) is 3.49. The Morgan fingerprint density at radius 1 is 1.23 bits per heavy atom. The Kier molecular flexibility index (Phi) is 7.64. The van der Waals surface area contributed by atoms with E-state index in [9.17, 15) is 17.6 Å². The van der Waals surface area contributed by atoms with Gasteiger partial charge in [0, 0.05) is 25.7 Å². The molecule has 0 aliphatic carbocycles. The molecule has 1 aliphatic heterocycles. The van der Waals surface area contributed by atoms with E-state index in [1.165, 1.54) is 12.1 Å². The SMILES string of the molecule is C[C@@H]1CCCN(c2cc(C(F)(F)F)nc(NC(=S)NCCCc3ccc(F)cc3)n2)C1. The van der Waals surface area contributed by atoms with E-state index in [1.807, 2.05) is 4.90 Å². The monoisotopic (exact) mass is 455 g/mol. The van der Waals surface area contributed by atoms with Crippen molar-refractivity contribution in [3.8, 4) is 0 Å². The van der Waals surface area contributed by atoms with Crippen molar-refractivity contribution in [2.45, 2.75) is 38.8 Å². The first-order chi connectivity index (χ1) is 14.7. The summed E-state index contributed by atoms with van der Waals surface area (Å²) in [6, 6.07) is 7.22. The molecule has 1 aliphatic rings. The van der Waals surface area contributed by atoms with Crippen LogP contribution in [0.15, 0.2) is 30.3 Å². The Bertz CT molecular complexity index is 888. The Balaban J connectivity index is 1.60. The van der Waals surface area contributed by atoms with Crippen LogP contribution in [0.5, 0.6) is 0 Å². The molecule has 168 valence electrons. The van der Waals surface area contributed by atoms with Crippen molar-refractivity contribution in [2.75, 3.05) is 29.9 Å². The van der Waals surface area contributed by atoms with E-state index >= 15 is 0 Å². The molecular weight excluding hydrogens is 430 g/mol.